The number of rotatable bonds is 3. The van der Waals surface area contributed by atoms with Crippen LogP contribution >= 0.6 is 0 Å². The van der Waals surface area contributed by atoms with Crippen molar-refractivity contribution in [1.82, 2.24) is 0 Å². The Morgan fingerprint density at radius 1 is 0.789 bits per heavy atom. The Bertz CT molecular complexity index is 479. The zero-order valence-electron chi connectivity index (χ0n) is 13.0. The molecule has 0 nitrogen and oxygen atoms in total. The summed E-state index contributed by atoms with van der Waals surface area (Å²) in [7, 11) is 0. The van der Waals surface area contributed by atoms with Crippen molar-refractivity contribution < 1.29 is 26.2 Å². The summed E-state index contributed by atoms with van der Waals surface area (Å²) in [4.78, 5) is 0. The van der Waals surface area contributed by atoms with Gasteiger partial charge in [0, 0.05) is 32.6 Å². The first-order chi connectivity index (χ1) is 8.41. The fourth-order valence-electron chi connectivity index (χ4n) is 2.83. The SMILES string of the molecule is CC(C)C1=Cc2c(ccc(C(C)C)c2C(C)C)[CH]1.[Zr]. The van der Waals surface area contributed by atoms with E-state index < -0.39 is 0 Å². The van der Waals surface area contributed by atoms with E-state index in [1.807, 2.05) is 0 Å². The Kier molecular flexibility index (Phi) is 5.81. The second kappa shape index (κ2) is 6.53. The first-order valence-electron chi connectivity index (χ1n) is 7.15. The van der Waals surface area contributed by atoms with Gasteiger partial charge in [-0.3, -0.25) is 0 Å². The van der Waals surface area contributed by atoms with Gasteiger partial charge in [-0.05, 0) is 40.0 Å². The van der Waals surface area contributed by atoms with E-state index in [9.17, 15) is 0 Å². The van der Waals surface area contributed by atoms with Crippen LogP contribution in [0.15, 0.2) is 17.7 Å². The fourth-order valence-corrected chi connectivity index (χ4v) is 2.83. The smallest absolute Gasteiger partial charge is 0.0167 e. The van der Waals surface area contributed by atoms with Crippen molar-refractivity contribution in [2.45, 2.75) is 53.4 Å². The molecule has 1 heteroatoms. The molecule has 0 heterocycles. The molecule has 0 bridgehead atoms. The zero-order valence-corrected chi connectivity index (χ0v) is 15.5. The summed E-state index contributed by atoms with van der Waals surface area (Å²) in [5, 5.41) is 0. The molecule has 1 aliphatic rings. The van der Waals surface area contributed by atoms with Crippen LogP contribution in [0.2, 0.25) is 0 Å². The van der Waals surface area contributed by atoms with Crippen molar-refractivity contribution in [3.05, 3.63) is 46.4 Å². The van der Waals surface area contributed by atoms with Crippen LogP contribution in [0.5, 0.6) is 0 Å². The van der Waals surface area contributed by atoms with Crippen molar-refractivity contribution in [1.29, 1.82) is 0 Å². The van der Waals surface area contributed by atoms with Gasteiger partial charge in [-0.15, -0.1) is 0 Å². The average Bonchev–Trinajstić information content (AvgIpc) is 2.70. The van der Waals surface area contributed by atoms with Crippen molar-refractivity contribution >= 4 is 6.08 Å². The summed E-state index contributed by atoms with van der Waals surface area (Å²) in [5.41, 5.74) is 7.41. The van der Waals surface area contributed by atoms with Gasteiger partial charge in [0.05, 0.1) is 0 Å². The normalized spacial score (nSPS) is 13.8. The van der Waals surface area contributed by atoms with E-state index in [-0.39, 0.29) is 26.2 Å². The van der Waals surface area contributed by atoms with E-state index in [1.54, 1.807) is 5.56 Å². The minimum absolute atomic E-state index is 0. The van der Waals surface area contributed by atoms with Gasteiger partial charge in [0.2, 0.25) is 0 Å². The van der Waals surface area contributed by atoms with Gasteiger partial charge in [0.15, 0.2) is 0 Å². The Balaban J connectivity index is 0.00000180. The van der Waals surface area contributed by atoms with E-state index in [0.717, 1.165) is 0 Å². The summed E-state index contributed by atoms with van der Waals surface area (Å²) in [6.07, 6.45) is 4.76. The summed E-state index contributed by atoms with van der Waals surface area (Å²) in [5.74, 6) is 1.80. The second-order valence-corrected chi connectivity index (χ2v) is 6.32. The number of fused-ring (bicyclic) bond motifs is 1. The van der Waals surface area contributed by atoms with Crippen molar-refractivity contribution in [3.63, 3.8) is 0 Å². The van der Waals surface area contributed by atoms with Crippen LogP contribution in [0.1, 0.15) is 75.6 Å². The minimum atomic E-state index is 0. The fraction of sp³-hybridized carbons (Fsp3) is 0.500. The summed E-state index contributed by atoms with van der Waals surface area (Å²) < 4.78 is 0. The van der Waals surface area contributed by atoms with Gasteiger partial charge in [-0.2, -0.15) is 0 Å². The standard InChI is InChI=1S/C18H25.Zr/c1-11(2)15-9-14-7-8-16(12(3)4)18(13(5)6)17(14)10-15;/h7-13H,1-6H3;. The van der Waals surface area contributed by atoms with Gasteiger partial charge < -0.3 is 0 Å². The average molecular weight is 333 g/mol. The third-order valence-corrected chi connectivity index (χ3v) is 3.85. The largest absolute Gasteiger partial charge is 0.0590 e. The van der Waals surface area contributed by atoms with Gasteiger partial charge in [-0.25, -0.2) is 0 Å². The molecule has 1 aliphatic carbocycles. The molecule has 0 amide bonds. The van der Waals surface area contributed by atoms with Gasteiger partial charge in [0.1, 0.15) is 0 Å². The van der Waals surface area contributed by atoms with Gasteiger partial charge >= 0.3 is 0 Å². The van der Waals surface area contributed by atoms with E-state index in [4.69, 9.17) is 0 Å². The summed E-state index contributed by atoms with van der Waals surface area (Å²) >= 11 is 0. The first kappa shape index (κ1) is 16.9. The van der Waals surface area contributed by atoms with Crippen molar-refractivity contribution in [2.24, 2.45) is 5.92 Å². The molecule has 101 valence electrons. The maximum Gasteiger partial charge on any atom is 0.0167 e. The van der Waals surface area contributed by atoms with Crippen molar-refractivity contribution in [3.8, 4) is 0 Å². The van der Waals surface area contributed by atoms with E-state index in [0.29, 0.717) is 17.8 Å². The van der Waals surface area contributed by atoms with Crippen molar-refractivity contribution in [2.75, 3.05) is 0 Å². The molecular weight excluding hydrogens is 307 g/mol. The predicted octanol–water partition coefficient (Wildman–Crippen LogP) is 5.54. The van der Waals surface area contributed by atoms with Crippen LogP contribution in [0.3, 0.4) is 0 Å². The van der Waals surface area contributed by atoms with E-state index in [1.165, 1.54) is 22.3 Å². The molecule has 19 heavy (non-hydrogen) atoms. The molecule has 1 radical (unpaired) electrons. The molecular formula is C18H25Zr. The van der Waals surface area contributed by atoms with Crippen LogP contribution in [0, 0.1) is 12.3 Å². The number of hydrogen-bond acceptors (Lipinski definition) is 0. The molecule has 0 unspecified atom stereocenters. The third-order valence-electron chi connectivity index (χ3n) is 3.85. The molecule has 0 N–H and O–H groups in total. The molecule has 0 aromatic heterocycles. The summed E-state index contributed by atoms with van der Waals surface area (Å²) in [6, 6.07) is 4.62. The first-order valence-corrected chi connectivity index (χ1v) is 7.15. The molecule has 2 rings (SSSR count). The Morgan fingerprint density at radius 3 is 1.89 bits per heavy atom. The maximum atomic E-state index is 2.40. The van der Waals surface area contributed by atoms with Crippen LogP contribution in [0.25, 0.3) is 6.08 Å². The molecule has 0 spiro atoms. The van der Waals surface area contributed by atoms with E-state index >= 15 is 0 Å². The van der Waals surface area contributed by atoms with Crippen LogP contribution in [0.4, 0.5) is 0 Å². The Labute approximate surface area is 137 Å². The molecule has 0 aliphatic heterocycles. The monoisotopic (exact) mass is 331 g/mol. The topological polar surface area (TPSA) is 0 Å². The Hall–Kier alpha value is -0.157. The number of allylic oxidation sites excluding steroid dienone is 1. The van der Waals surface area contributed by atoms with Crippen LogP contribution < -0.4 is 0 Å². The maximum absolute atomic E-state index is 2.40. The van der Waals surface area contributed by atoms with Gasteiger partial charge in [-0.1, -0.05) is 65.3 Å². The quantitative estimate of drug-likeness (QED) is 0.682. The summed E-state index contributed by atoms with van der Waals surface area (Å²) in [6.45, 7) is 13.7. The molecule has 0 fully saturated rings. The zero-order chi connectivity index (χ0) is 13.4. The molecule has 0 atom stereocenters. The Morgan fingerprint density at radius 2 is 1.42 bits per heavy atom. The van der Waals surface area contributed by atoms with Gasteiger partial charge in [0.25, 0.3) is 0 Å². The number of benzene rings is 1. The molecule has 0 saturated heterocycles. The minimum Gasteiger partial charge on any atom is -0.0590 e. The predicted molar refractivity (Wildman–Crippen MR) is 80.8 cm³/mol. The second-order valence-electron chi connectivity index (χ2n) is 6.32. The van der Waals surface area contributed by atoms with E-state index in [2.05, 4.69) is 66.2 Å². The number of hydrogen-bond donors (Lipinski definition) is 0. The molecule has 0 saturated carbocycles. The molecule has 1 aromatic rings. The third kappa shape index (κ3) is 3.30. The van der Waals surface area contributed by atoms with Crippen LogP contribution in [-0.2, 0) is 26.2 Å². The van der Waals surface area contributed by atoms with Crippen LogP contribution in [-0.4, -0.2) is 0 Å². The molecule has 1 aromatic carbocycles.